The van der Waals surface area contributed by atoms with Crippen molar-refractivity contribution in [1.29, 1.82) is 0 Å². The van der Waals surface area contributed by atoms with Crippen LogP contribution < -0.4 is 16.0 Å². The monoisotopic (exact) mass is 378 g/mol. The minimum absolute atomic E-state index is 0.0567. The van der Waals surface area contributed by atoms with Crippen molar-refractivity contribution >= 4 is 11.9 Å². The predicted octanol–water partition coefficient (Wildman–Crippen LogP) is 2.25. The summed E-state index contributed by atoms with van der Waals surface area (Å²) in [4.78, 5) is 25.9. The first kappa shape index (κ1) is 21.2. The summed E-state index contributed by atoms with van der Waals surface area (Å²) < 4.78 is 12.8. The van der Waals surface area contributed by atoms with Gasteiger partial charge in [-0.2, -0.15) is 0 Å². The molecule has 150 valence electrons. The van der Waals surface area contributed by atoms with Crippen LogP contribution in [0.1, 0.15) is 38.2 Å². The first-order valence-corrected chi connectivity index (χ1v) is 9.78. The molecule has 3 amide bonds. The van der Waals surface area contributed by atoms with E-state index in [0.717, 1.165) is 30.9 Å². The molecule has 6 nitrogen and oxygen atoms in total. The molecule has 1 atom stereocenters. The fourth-order valence-electron chi connectivity index (χ4n) is 3.25. The van der Waals surface area contributed by atoms with Gasteiger partial charge >= 0.3 is 6.03 Å². The molecule has 1 aromatic rings. The van der Waals surface area contributed by atoms with Gasteiger partial charge < -0.3 is 20.9 Å². The third-order valence-corrected chi connectivity index (χ3v) is 4.74. The van der Waals surface area contributed by atoms with Gasteiger partial charge in [0.25, 0.3) is 0 Å². The highest BCUT2D eigenvalue weighted by atomic mass is 19.1. The average Bonchev–Trinajstić information content (AvgIpc) is 2.65. The fourth-order valence-corrected chi connectivity index (χ4v) is 3.25. The first-order chi connectivity index (χ1) is 13.0. The van der Waals surface area contributed by atoms with Gasteiger partial charge in [0.2, 0.25) is 5.91 Å². The van der Waals surface area contributed by atoms with E-state index in [-0.39, 0.29) is 24.8 Å². The summed E-state index contributed by atoms with van der Waals surface area (Å²) in [6.45, 7) is 6.61. The molecule has 2 rings (SSSR count). The lowest BCUT2D eigenvalue weighted by atomic mass is 10.0. The second-order valence-electron chi connectivity index (χ2n) is 7.27. The van der Waals surface area contributed by atoms with Crippen molar-refractivity contribution in [3.8, 4) is 0 Å². The van der Waals surface area contributed by atoms with Crippen LogP contribution in [0.4, 0.5) is 9.18 Å². The second-order valence-corrected chi connectivity index (χ2v) is 7.27. The quantitative estimate of drug-likeness (QED) is 0.577. The summed E-state index contributed by atoms with van der Waals surface area (Å²) in [5, 5.41) is 7.97. The zero-order chi connectivity index (χ0) is 19.5. The Labute approximate surface area is 160 Å². The maximum Gasteiger partial charge on any atom is 0.315 e. The third-order valence-electron chi connectivity index (χ3n) is 4.74. The van der Waals surface area contributed by atoms with Crippen LogP contribution in [0, 0.1) is 11.7 Å². The molecule has 1 fully saturated rings. The van der Waals surface area contributed by atoms with Gasteiger partial charge in [0.15, 0.2) is 0 Å². The number of carbonyl (C=O) groups excluding carboxylic acids is 2. The molecule has 0 unspecified atom stereocenters. The van der Waals surface area contributed by atoms with E-state index in [2.05, 4.69) is 27.8 Å². The SMILES string of the molecule is C[C@@H]1CCCN(CCCCNC(=O)CNC(=O)NCc2ccc(F)cc2)C1. The molecular formula is C20H31FN4O2. The number of likely N-dealkylation sites (tertiary alicyclic amines) is 1. The van der Waals surface area contributed by atoms with Gasteiger partial charge in [-0.05, 0) is 62.4 Å². The molecule has 1 aromatic carbocycles. The zero-order valence-corrected chi connectivity index (χ0v) is 16.1. The number of unbranched alkanes of at least 4 members (excludes halogenated alkanes) is 1. The van der Waals surface area contributed by atoms with Gasteiger partial charge in [0.05, 0.1) is 6.54 Å². The molecule has 1 aliphatic heterocycles. The molecule has 27 heavy (non-hydrogen) atoms. The maximum absolute atomic E-state index is 12.8. The number of nitrogens with one attached hydrogen (secondary N) is 3. The molecule has 0 bridgehead atoms. The lowest BCUT2D eigenvalue weighted by Crippen LogP contribution is -2.42. The van der Waals surface area contributed by atoms with Crippen LogP contribution in [0.3, 0.4) is 0 Å². The Morgan fingerprint density at radius 1 is 1.15 bits per heavy atom. The van der Waals surface area contributed by atoms with Crippen LogP contribution in [0.5, 0.6) is 0 Å². The minimum atomic E-state index is -0.423. The maximum atomic E-state index is 12.8. The largest absolute Gasteiger partial charge is 0.355 e. The van der Waals surface area contributed by atoms with Gasteiger partial charge in [-0.3, -0.25) is 4.79 Å². The zero-order valence-electron chi connectivity index (χ0n) is 16.1. The van der Waals surface area contributed by atoms with Gasteiger partial charge in [-0.15, -0.1) is 0 Å². The van der Waals surface area contributed by atoms with Crippen LogP contribution in [0.2, 0.25) is 0 Å². The molecule has 1 heterocycles. The molecule has 1 saturated heterocycles. The Morgan fingerprint density at radius 2 is 1.93 bits per heavy atom. The van der Waals surface area contributed by atoms with Crippen LogP contribution >= 0.6 is 0 Å². The minimum Gasteiger partial charge on any atom is -0.355 e. The van der Waals surface area contributed by atoms with E-state index < -0.39 is 6.03 Å². The number of halogens is 1. The fraction of sp³-hybridized carbons (Fsp3) is 0.600. The average molecular weight is 378 g/mol. The molecule has 0 aliphatic carbocycles. The number of carbonyl (C=O) groups is 2. The number of hydrogen-bond acceptors (Lipinski definition) is 3. The summed E-state index contributed by atoms with van der Waals surface area (Å²) in [5.41, 5.74) is 0.791. The predicted molar refractivity (Wildman–Crippen MR) is 104 cm³/mol. The van der Waals surface area contributed by atoms with Crippen LogP contribution in [0.25, 0.3) is 0 Å². The van der Waals surface area contributed by atoms with Crippen molar-refractivity contribution in [2.24, 2.45) is 5.92 Å². The number of benzene rings is 1. The first-order valence-electron chi connectivity index (χ1n) is 9.78. The number of nitrogens with zero attached hydrogens (tertiary/aromatic N) is 1. The van der Waals surface area contributed by atoms with Crippen molar-refractivity contribution in [3.63, 3.8) is 0 Å². The highest BCUT2D eigenvalue weighted by Crippen LogP contribution is 2.15. The third kappa shape index (κ3) is 8.86. The standard InChI is InChI=1S/C20H31FN4O2/c1-16-5-4-12-25(15-16)11-3-2-10-22-19(26)14-24-20(27)23-13-17-6-8-18(21)9-7-17/h6-9,16H,2-5,10-15H2,1H3,(H,22,26)(H2,23,24,27)/t16-/m1/s1. The van der Waals surface area contributed by atoms with Gasteiger partial charge in [-0.25, -0.2) is 9.18 Å². The number of amides is 3. The lowest BCUT2D eigenvalue weighted by molar-refractivity contribution is -0.120. The van der Waals surface area contributed by atoms with Crippen LogP contribution in [-0.4, -0.2) is 49.6 Å². The van der Waals surface area contributed by atoms with Gasteiger partial charge in [0, 0.05) is 19.6 Å². The Bertz CT molecular complexity index is 594. The van der Waals surface area contributed by atoms with E-state index in [1.807, 2.05) is 0 Å². The molecule has 3 N–H and O–H groups in total. The highest BCUT2D eigenvalue weighted by Gasteiger charge is 2.15. The molecule has 0 radical (unpaired) electrons. The summed E-state index contributed by atoms with van der Waals surface area (Å²) in [7, 11) is 0. The Kier molecular flexibility index (Phi) is 9.04. The highest BCUT2D eigenvalue weighted by molar-refractivity contribution is 5.83. The van der Waals surface area contributed by atoms with E-state index in [4.69, 9.17) is 0 Å². The van der Waals surface area contributed by atoms with E-state index >= 15 is 0 Å². The number of piperidine rings is 1. The molecule has 0 spiro atoms. The number of rotatable bonds is 9. The van der Waals surface area contributed by atoms with Gasteiger partial charge in [-0.1, -0.05) is 19.1 Å². The molecule has 0 aromatic heterocycles. The Morgan fingerprint density at radius 3 is 2.67 bits per heavy atom. The van der Waals surface area contributed by atoms with E-state index in [9.17, 15) is 14.0 Å². The topological polar surface area (TPSA) is 73.5 Å². The Balaban J connectivity index is 1.47. The molecule has 7 heteroatoms. The van der Waals surface area contributed by atoms with Crippen LogP contribution in [0.15, 0.2) is 24.3 Å². The Hall–Kier alpha value is -2.15. The van der Waals surface area contributed by atoms with Crippen molar-refractivity contribution in [1.82, 2.24) is 20.9 Å². The number of urea groups is 1. The number of hydrogen-bond donors (Lipinski definition) is 3. The summed E-state index contributed by atoms with van der Waals surface area (Å²) in [5.74, 6) is 0.280. The van der Waals surface area contributed by atoms with Crippen molar-refractivity contribution in [2.45, 2.75) is 39.2 Å². The van der Waals surface area contributed by atoms with E-state index in [1.54, 1.807) is 12.1 Å². The van der Waals surface area contributed by atoms with Gasteiger partial charge in [0.1, 0.15) is 5.82 Å². The van der Waals surface area contributed by atoms with Crippen molar-refractivity contribution in [3.05, 3.63) is 35.6 Å². The van der Waals surface area contributed by atoms with Crippen LogP contribution in [-0.2, 0) is 11.3 Å². The molecule has 0 saturated carbocycles. The lowest BCUT2D eigenvalue weighted by Gasteiger charge is -2.30. The van der Waals surface area contributed by atoms with Crippen molar-refractivity contribution in [2.75, 3.05) is 32.7 Å². The van der Waals surface area contributed by atoms with E-state index in [0.29, 0.717) is 6.54 Å². The molecular weight excluding hydrogens is 347 g/mol. The normalized spacial score (nSPS) is 17.3. The smallest absolute Gasteiger partial charge is 0.315 e. The second kappa shape index (κ2) is 11.5. The molecule has 1 aliphatic rings. The van der Waals surface area contributed by atoms with E-state index in [1.165, 1.54) is 38.1 Å². The summed E-state index contributed by atoms with van der Waals surface area (Å²) in [6.07, 6.45) is 4.62. The summed E-state index contributed by atoms with van der Waals surface area (Å²) in [6, 6.07) is 5.47. The van der Waals surface area contributed by atoms with Crippen molar-refractivity contribution < 1.29 is 14.0 Å². The summed E-state index contributed by atoms with van der Waals surface area (Å²) >= 11 is 0.